The molecule has 0 fully saturated rings. The van der Waals surface area contributed by atoms with Crippen LogP contribution in [-0.2, 0) is 27.9 Å². The molecular formula is C34H68NO7P. The molecule has 0 aliphatic carbocycles. The summed E-state index contributed by atoms with van der Waals surface area (Å²) in [4.78, 5) is 21.7. The van der Waals surface area contributed by atoms with Gasteiger partial charge in [0.25, 0.3) is 0 Å². The first-order chi connectivity index (χ1) is 20.9. The molecule has 0 aliphatic heterocycles. The number of phosphoric acid groups is 1. The molecule has 0 aromatic carbocycles. The average Bonchev–Trinajstić information content (AvgIpc) is 2.99. The van der Waals surface area contributed by atoms with Crippen LogP contribution in [0, 0.1) is 0 Å². The SMILES string of the molecule is CCCCCCCCCC/C=C\CCCCCCCCCCCCOCC(COP(=O)(O)OCCN)OC(=O)CCCC. The lowest BCUT2D eigenvalue weighted by atomic mass is 10.1. The van der Waals surface area contributed by atoms with E-state index in [2.05, 4.69) is 19.1 Å². The van der Waals surface area contributed by atoms with E-state index in [0.717, 1.165) is 25.7 Å². The van der Waals surface area contributed by atoms with Crippen LogP contribution in [0.2, 0.25) is 0 Å². The number of esters is 1. The van der Waals surface area contributed by atoms with Crippen LogP contribution < -0.4 is 5.73 Å². The molecule has 0 amide bonds. The van der Waals surface area contributed by atoms with E-state index in [4.69, 9.17) is 24.3 Å². The van der Waals surface area contributed by atoms with Gasteiger partial charge in [-0.2, -0.15) is 0 Å². The number of unbranched alkanes of at least 4 members (excludes halogenated alkanes) is 19. The summed E-state index contributed by atoms with van der Waals surface area (Å²) in [5.41, 5.74) is 5.30. The Morgan fingerprint density at radius 3 is 1.67 bits per heavy atom. The quantitative estimate of drug-likeness (QED) is 0.0311. The van der Waals surface area contributed by atoms with Crippen molar-refractivity contribution in [3.05, 3.63) is 12.2 Å². The fourth-order valence-electron chi connectivity index (χ4n) is 4.79. The molecule has 8 nitrogen and oxygen atoms in total. The van der Waals surface area contributed by atoms with E-state index in [1.807, 2.05) is 6.92 Å². The van der Waals surface area contributed by atoms with Gasteiger partial charge in [0.15, 0.2) is 0 Å². The summed E-state index contributed by atoms with van der Waals surface area (Å²) in [6.07, 6.45) is 32.0. The van der Waals surface area contributed by atoms with Gasteiger partial charge < -0.3 is 20.1 Å². The molecule has 0 spiro atoms. The maximum Gasteiger partial charge on any atom is 0.472 e. The Morgan fingerprint density at radius 1 is 0.674 bits per heavy atom. The summed E-state index contributed by atoms with van der Waals surface area (Å²) in [5, 5.41) is 0. The van der Waals surface area contributed by atoms with Crippen molar-refractivity contribution >= 4 is 13.8 Å². The van der Waals surface area contributed by atoms with Gasteiger partial charge in [-0.25, -0.2) is 4.57 Å². The Morgan fingerprint density at radius 2 is 1.16 bits per heavy atom. The predicted octanol–water partition coefficient (Wildman–Crippen LogP) is 9.58. The largest absolute Gasteiger partial charge is 0.472 e. The van der Waals surface area contributed by atoms with Gasteiger partial charge in [-0.05, 0) is 38.5 Å². The Labute approximate surface area is 264 Å². The zero-order valence-corrected chi connectivity index (χ0v) is 28.8. The highest BCUT2D eigenvalue weighted by Crippen LogP contribution is 2.43. The van der Waals surface area contributed by atoms with Crippen molar-refractivity contribution in [2.75, 3.05) is 33.0 Å². The van der Waals surface area contributed by atoms with Crippen LogP contribution in [0.25, 0.3) is 0 Å². The van der Waals surface area contributed by atoms with Crippen LogP contribution in [0.1, 0.15) is 162 Å². The minimum absolute atomic E-state index is 0.0947. The molecule has 2 unspecified atom stereocenters. The Balaban J connectivity index is 3.68. The van der Waals surface area contributed by atoms with Crippen molar-refractivity contribution < 1.29 is 32.8 Å². The van der Waals surface area contributed by atoms with E-state index >= 15 is 0 Å². The molecule has 43 heavy (non-hydrogen) atoms. The van der Waals surface area contributed by atoms with E-state index in [1.54, 1.807) is 0 Å². The monoisotopic (exact) mass is 633 g/mol. The molecule has 0 heterocycles. The summed E-state index contributed by atoms with van der Waals surface area (Å²) in [7, 11) is -4.24. The molecule has 3 N–H and O–H groups in total. The number of carbonyl (C=O) groups is 1. The second-order valence-corrected chi connectivity index (χ2v) is 13.2. The minimum Gasteiger partial charge on any atom is -0.457 e. The standard InChI is InChI=1S/C34H68NO7P/c1-3-5-7-8-9-10-11-12-13-14-15-16-17-18-19-20-21-22-23-24-25-26-29-39-31-33(42-34(36)27-6-4-2)32-41-43(37,38)40-30-28-35/h14-15,33H,3-13,16-32,35H2,1-2H3,(H,37,38)/b15-14-. The highest BCUT2D eigenvalue weighted by Gasteiger charge is 2.25. The van der Waals surface area contributed by atoms with E-state index in [0.29, 0.717) is 13.0 Å². The van der Waals surface area contributed by atoms with Crippen LogP contribution >= 0.6 is 7.82 Å². The van der Waals surface area contributed by atoms with E-state index in [9.17, 15) is 14.3 Å². The van der Waals surface area contributed by atoms with Crippen molar-refractivity contribution in [2.24, 2.45) is 5.73 Å². The molecule has 0 saturated carbocycles. The van der Waals surface area contributed by atoms with Crippen molar-refractivity contribution in [1.82, 2.24) is 0 Å². The third-order valence-corrected chi connectivity index (χ3v) is 8.42. The topological polar surface area (TPSA) is 117 Å². The molecule has 0 aliphatic rings. The zero-order chi connectivity index (χ0) is 31.7. The highest BCUT2D eigenvalue weighted by atomic mass is 31.2. The smallest absolute Gasteiger partial charge is 0.457 e. The summed E-state index contributed by atoms with van der Waals surface area (Å²) in [5.74, 6) is -0.365. The molecular weight excluding hydrogens is 565 g/mol. The number of rotatable bonds is 34. The molecule has 256 valence electrons. The van der Waals surface area contributed by atoms with Crippen LogP contribution in [-0.4, -0.2) is 49.9 Å². The summed E-state index contributed by atoms with van der Waals surface area (Å²) >= 11 is 0. The first kappa shape index (κ1) is 42.2. The number of carbonyl (C=O) groups excluding carboxylic acids is 1. The van der Waals surface area contributed by atoms with Crippen molar-refractivity contribution in [2.45, 2.75) is 168 Å². The number of allylic oxidation sites excluding steroid dienone is 2. The van der Waals surface area contributed by atoms with Gasteiger partial charge in [0.05, 0.1) is 19.8 Å². The van der Waals surface area contributed by atoms with E-state index < -0.39 is 13.9 Å². The number of phosphoric ester groups is 1. The van der Waals surface area contributed by atoms with Crippen molar-refractivity contribution in [3.8, 4) is 0 Å². The lowest BCUT2D eigenvalue weighted by molar-refractivity contribution is -0.154. The first-order valence-corrected chi connectivity index (χ1v) is 19.2. The third kappa shape index (κ3) is 32.4. The molecule has 2 atom stereocenters. The van der Waals surface area contributed by atoms with Gasteiger partial charge in [0.2, 0.25) is 0 Å². The summed E-state index contributed by atoms with van der Waals surface area (Å²) < 4.78 is 32.7. The Kier molecular flexibility index (Phi) is 32.1. The van der Waals surface area contributed by atoms with Gasteiger partial charge >= 0.3 is 13.8 Å². The molecule has 0 aromatic rings. The highest BCUT2D eigenvalue weighted by molar-refractivity contribution is 7.47. The molecule has 0 radical (unpaired) electrons. The van der Waals surface area contributed by atoms with Crippen LogP contribution in [0.15, 0.2) is 12.2 Å². The summed E-state index contributed by atoms with van der Waals surface area (Å²) in [6.45, 7) is 4.67. The average molecular weight is 634 g/mol. The molecule has 9 heteroatoms. The van der Waals surface area contributed by atoms with E-state index in [-0.39, 0.29) is 32.3 Å². The maximum absolute atomic E-state index is 12.0. The lowest BCUT2D eigenvalue weighted by Crippen LogP contribution is -2.28. The van der Waals surface area contributed by atoms with Crippen LogP contribution in [0.5, 0.6) is 0 Å². The zero-order valence-electron chi connectivity index (χ0n) is 28.0. The maximum atomic E-state index is 12.0. The van der Waals surface area contributed by atoms with Gasteiger partial charge in [-0.1, -0.05) is 129 Å². The molecule has 0 saturated heterocycles. The number of hydrogen-bond acceptors (Lipinski definition) is 7. The summed E-state index contributed by atoms with van der Waals surface area (Å²) in [6, 6.07) is 0. The number of hydrogen-bond donors (Lipinski definition) is 2. The van der Waals surface area contributed by atoms with Gasteiger partial charge in [-0.3, -0.25) is 13.8 Å². The number of nitrogens with two attached hydrogens (primary N) is 1. The Bertz CT molecular complexity index is 677. The first-order valence-electron chi connectivity index (χ1n) is 17.7. The fraction of sp³-hybridized carbons (Fsp3) is 0.912. The second kappa shape index (κ2) is 32.6. The fourth-order valence-corrected chi connectivity index (χ4v) is 5.56. The third-order valence-electron chi connectivity index (χ3n) is 7.43. The van der Waals surface area contributed by atoms with Crippen molar-refractivity contribution in [1.29, 1.82) is 0 Å². The predicted molar refractivity (Wildman–Crippen MR) is 178 cm³/mol. The van der Waals surface area contributed by atoms with Gasteiger partial charge in [0.1, 0.15) is 6.10 Å². The van der Waals surface area contributed by atoms with Crippen molar-refractivity contribution in [3.63, 3.8) is 0 Å². The van der Waals surface area contributed by atoms with Gasteiger partial charge in [0, 0.05) is 19.6 Å². The molecule has 0 aromatic heterocycles. The molecule has 0 bridgehead atoms. The van der Waals surface area contributed by atoms with Crippen LogP contribution in [0.3, 0.4) is 0 Å². The minimum atomic E-state index is -4.24. The van der Waals surface area contributed by atoms with Crippen LogP contribution in [0.4, 0.5) is 0 Å². The Hall–Kier alpha value is -0.760. The number of ether oxygens (including phenoxy) is 2. The second-order valence-electron chi connectivity index (χ2n) is 11.7. The normalized spacial score (nSPS) is 13.9. The lowest BCUT2D eigenvalue weighted by Gasteiger charge is -2.20. The molecule has 0 rings (SSSR count). The van der Waals surface area contributed by atoms with Gasteiger partial charge in [-0.15, -0.1) is 0 Å². The van der Waals surface area contributed by atoms with E-state index in [1.165, 1.54) is 116 Å².